The lowest BCUT2D eigenvalue weighted by Crippen LogP contribution is -2.22. The number of thioether (sulfide) groups is 1. The second kappa shape index (κ2) is 6.52. The lowest BCUT2D eigenvalue weighted by Gasteiger charge is -2.10. The quantitative estimate of drug-likeness (QED) is 0.491. The van der Waals surface area contributed by atoms with Crippen molar-refractivity contribution in [3.05, 3.63) is 28.7 Å². The summed E-state index contributed by atoms with van der Waals surface area (Å²) < 4.78 is 0.760. The minimum Gasteiger partial charge on any atom is -0.357 e. The number of nitrogens with one attached hydrogen (secondary N) is 4. The van der Waals surface area contributed by atoms with Crippen LogP contribution in [-0.4, -0.2) is 37.4 Å². The molecule has 130 valence electrons. The molecule has 4 N–H and O–H groups in total. The van der Waals surface area contributed by atoms with Gasteiger partial charge >= 0.3 is 5.69 Å². The van der Waals surface area contributed by atoms with Crippen LogP contribution in [0.3, 0.4) is 0 Å². The zero-order valence-electron chi connectivity index (χ0n) is 13.3. The fourth-order valence-corrected chi connectivity index (χ4v) is 4.25. The van der Waals surface area contributed by atoms with Crippen molar-refractivity contribution in [2.75, 3.05) is 10.6 Å². The Hall–Kier alpha value is -2.33. The lowest BCUT2D eigenvalue weighted by molar-refractivity contribution is -0.115. The summed E-state index contributed by atoms with van der Waals surface area (Å²) in [5.74, 6) is -0.130. The van der Waals surface area contributed by atoms with E-state index in [0.717, 1.165) is 9.47 Å². The summed E-state index contributed by atoms with van der Waals surface area (Å²) >= 11 is 2.84. The van der Waals surface area contributed by atoms with Gasteiger partial charge in [0.2, 0.25) is 11.0 Å². The molecule has 1 saturated carbocycles. The first-order valence-corrected chi connectivity index (χ1v) is 9.56. The molecule has 1 fully saturated rings. The third kappa shape index (κ3) is 3.85. The first-order valence-electron chi connectivity index (χ1n) is 7.86. The van der Waals surface area contributed by atoms with Crippen LogP contribution in [0.5, 0.6) is 0 Å². The molecule has 8 nitrogen and oxygen atoms in total. The Morgan fingerprint density at radius 2 is 2.12 bits per heavy atom. The molecule has 1 atom stereocenters. The minimum absolute atomic E-state index is 0.130. The highest BCUT2D eigenvalue weighted by Gasteiger charge is 2.23. The van der Waals surface area contributed by atoms with Crippen LogP contribution in [0, 0.1) is 0 Å². The number of aromatic amines is 2. The molecule has 2 aromatic heterocycles. The number of amides is 1. The Labute approximate surface area is 150 Å². The van der Waals surface area contributed by atoms with Crippen LogP contribution in [0.1, 0.15) is 19.8 Å². The van der Waals surface area contributed by atoms with Crippen LogP contribution < -0.4 is 16.3 Å². The van der Waals surface area contributed by atoms with E-state index in [0.29, 0.717) is 22.8 Å². The molecule has 1 aromatic carbocycles. The zero-order chi connectivity index (χ0) is 17.4. The summed E-state index contributed by atoms with van der Waals surface area (Å²) in [5, 5.41) is 14.9. The molecule has 10 heteroatoms. The normalized spacial score (nSPS) is 15.2. The number of carbonyl (C=O) groups is 1. The maximum absolute atomic E-state index is 12.4. The van der Waals surface area contributed by atoms with Crippen molar-refractivity contribution in [1.29, 1.82) is 0 Å². The fourth-order valence-electron chi connectivity index (χ4n) is 2.28. The van der Waals surface area contributed by atoms with Gasteiger partial charge < -0.3 is 20.6 Å². The van der Waals surface area contributed by atoms with Crippen LogP contribution in [0.4, 0.5) is 10.8 Å². The Morgan fingerprint density at radius 1 is 1.32 bits per heavy atom. The molecule has 2 heterocycles. The number of anilines is 2. The highest BCUT2D eigenvalue weighted by molar-refractivity contribution is 8.02. The second-order valence-electron chi connectivity index (χ2n) is 5.88. The smallest absolute Gasteiger partial charge is 0.323 e. The van der Waals surface area contributed by atoms with Crippen LogP contribution in [0.25, 0.3) is 11.0 Å². The van der Waals surface area contributed by atoms with Crippen molar-refractivity contribution in [1.82, 2.24) is 20.2 Å². The summed E-state index contributed by atoms with van der Waals surface area (Å²) in [6.45, 7) is 1.83. The van der Waals surface area contributed by atoms with Crippen molar-refractivity contribution < 1.29 is 4.79 Å². The molecule has 1 amide bonds. The first kappa shape index (κ1) is 16.2. The van der Waals surface area contributed by atoms with E-state index >= 15 is 0 Å². The number of fused-ring (bicyclic) bond motifs is 1. The van der Waals surface area contributed by atoms with E-state index in [9.17, 15) is 9.59 Å². The standard InChI is InChI=1S/C15H16N6O2S2/c1-7(24-15-21-20-14(25-15)17-8-2-3-8)12(22)16-9-4-5-10-11(6-9)19-13(23)18-10/h4-8H,2-3H2,1H3,(H,16,22)(H,17,20)(H2,18,19,23)/t7-/m0/s1. The van der Waals surface area contributed by atoms with Gasteiger partial charge in [0.05, 0.1) is 16.3 Å². The van der Waals surface area contributed by atoms with E-state index in [-0.39, 0.29) is 16.8 Å². The van der Waals surface area contributed by atoms with Gasteiger partial charge in [0, 0.05) is 11.7 Å². The predicted octanol–water partition coefficient (Wildman–Crippen LogP) is 2.40. The van der Waals surface area contributed by atoms with E-state index in [1.165, 1.54) is 35.9 Å². The van der Waals surface area contributed by atoms with Crippen LogP contribution in [0.2, 0.25) is 0 Å². The molecular weight excluding hydrogens is 360 g/mol. The number of carbonyl (C=O) groups excluding carboxylic acids is 1. The van der Waals surface area contributed by atoms with Crippen LogP contribution in [-0.2, 0) is 4.79 Å². The molecule has 0 bridgehead atoms. The van der Waals surface area contributed by atoms with Crippen molar-refractivity contribution in [2.45, 2.75) is 35.4 Å². The van der Waals surface area contributed by atoms with Crippen molar-refractivity contribution >= 4 is 50.9 Å². The number of imidazole rings is 1. The molecule has 3 aromatic rings. The van der Waals surface area contributed by atoms with Gasteiger partial charge in [0.25, 0.3) is 0 Å². The highest BCUT2D eigenvalue weighted by atomic mass is 32.2. The number of benzene rings is 1. The summed E-state index contributed by atoms with van der Waals surface area (Å²) in [7, 11) is 0. The summed E-state index contributed by atoms with van der Waals surface area (Å²) in [5.41, 5.74) is 1.72. The van der Waals surface area contributed by atoms with Gasteiger partial charge in [0.1, 0.15) is 0 Å². The third-order valence-corrected chi connectivity index (χ3v) is 5.78. The number of hydrogen-bond acceptors (Lipinski definition) is 7. The molecule has 1 aliphatic carbocycles. The molecule has 25 heavy (non-hydrogen) atoms. The van der Waals surface area contributed by atoms with E-state index in [2.05, 4.69) is 30.8 Å². The van der Waals surface area contributed by atoms with Gasteiger partial charge in [-0.25, -0.2) is 4.79 Å². The van der Waals surface area contributed by atoms with Crippen molar-refractivity contribution in [2.24, 2.45) is 0 Å². The topological polar surface area (TPSA) is 116 Å². The maximum Gasteiger partial charge on any atom is 0.323 e. The molecule has 1 aliphatic rings. The molecule has 0 unspecified atom stereocenters. The average Bonchev–Trinajstić information content (AvgIpc) is 3.14. The monoisotopic (exact) mass is 376 g/mol. The van der Waals surface area contributed by atoms with Gasteiger partial charge in [-0.15, -0.1) is 10.2 Å². The van der Waals surface area contributed by atoms with E-state index in [1.807, 2.05) is 6.92 Å². The number of H-pyrrole nitrogens is 2. The molecule has 0 spiro atoms. The van der Waals surface area contributed by atoms with Gasteiger partial charge in [-0.2, -0.15) is 0 Å². The maximum atomic E-state index is 12.4. The zero-order valence-corrected chi connectivity index (χ0v) is 15.0. The third-order valence-electron chi connectivity index (χ3n) is 3.74. The van der Waals surface area contributed by atoms with E-state index in [4.69, 9.17) is 0 Å². The van der Waals surface area contributed by atoms with Gasteiger partial charge in [0.15, 0.2) is 4.34 Å². The van der Waals surface area contributed by atoms with E-state index < -0.39 is 0 Å². The second-order valence-corrected chi connectivity index (χ2v) is 8.45. The molecule has 0 aliphatic heterocycles. The van der Waals surface area contributed by atoms with Crippen molar-refractivity contribution in [3.8, 4) is 0 Å². The molecule has 4 rings (SSSR count). The van der Waals surface area contributed by atoms with Gasteiger partial charge in [-0.1, -0.05) is 23.1 Å². The molecule has 0 radical (unpaired) electrons. The SMILES string of the molecule is C[C@H](Sc1nnc(NC2CC2)s1)C(=O)Nc1ccc2[nH]c(=O)[nH]c2c1. The van der Waals surface area contributed by atoms with Crippen LogP contribution >= 0.6 is 23.1 Å². The number of nitrogens with zero attached hydrogens (tertiary/aromatic N) is 2. The Balaban J connectivity index is 1.38. The minimum atomic E-state index is -0.317. The fraction of sp³-hybridized carbons (Fsp3) is 0.333. The van der Waals surface area contributed by atoms with Crippen LogP contribution in [0.15, 0.2) is 27.3 Å². The predicted molar refractivity (Wildman–Crippen MR) is 99.4 cm³/mol. The van der Waals surface area contributed by atoms with Crippen molar-refractivity contribution in [3.63, 3.8) is 0 Å². The molecule has 0 saturated heterocycles. The average molecular weight is 376 g/mol. The number of aromatic nitrogens is 4. The van der Waals surface area contributed by atoms with E-state index in [1.54, 1.807) is 18.2 Å². The highest BCUT2D eigenvalue weighted by Crippen LogP contribution is 2.32. The molecular formula is C15H16N6O2S2. The lowest BCUT2D eigenvalue weighted by atomic mass is 10.2. The summed E-state index contributed by atoms with van der Waals surface area (Å²) in [4.78, 5) is 29.0. The Kier molecular flexibility index (Phi) is 4.22. The van der Waals surface area contributed by atoms with Gasteiger partial charge in [-0.05, 0) is 38.0 Å². The number of rotatable bonds is 6. The summed E-state index contributed by atoms with van der Waals surface area (Å²) in [6.07, 6.45) is 2.36. The first-order chi connectivity index (χ1) is 12.1. The Morgan fingerprint density at radius 3 is 2.92 bits per heavy atom. The largest absolute Gasteiger partial charge is 0.357 e. The Bertz CT molecular complexity index is 974. The summed E-state index contributed by atoms with van der Waals surface area (Å²) in [6, 6.07) is 5.76. The van der Waals surface area contributed by atoms with Gasteiger partial charge in [-0.3, -0.25) is 4.79 Å². The number of hydrogen-bond donors (Lipinski definition) is 4.